The summed E-state index contributed by atoms with van der Waals surface area (Å²) in [5, 5.41) is 9.66. The van der Waals surface area contributed by atoms with E-state index in [1.807, 2.05) is 19.1 Å². The van der Waals surface area contributed by atoms with E-state index in [0.29, 0.717) is 5.92 Å². The third-order valence-corrected chi connectivity index (χ3v) is 4.27. The molecular formula is C15H21N3O. The average Bonchev–Trinajstić information content (AvgIpc) is 2.77. The fourth-order valence-corrected chi connectivity index (χ4v) is 3.00. The summed E-state index contributed by atoms with van der Waals surface area (Å²) in [5.74, 6) is 1.48. The van der Waals surface area contributed by atoms with Crippen molar-refractivity contribution in [3.05, 3.63) is 24.3 Å². The lowest BCUT2D eigenvalue weighted by Gasteiger charge is -2.33. The predicted molar refractivity (Wildman–Crippen MR) is 77.3 cm³/mol. The Bertz CT molecular complexity index is 568. The lowest BCUT2D eigenvalue weighted by molar-refractivity contribution is 0.109. The van der Waals surface area contributed by atoms with E-state index in [4.69, 9.17) is 4.98 Å². The van der Waals surface area contributed by atoms with Crippen molar-refractivity contribution < 1.29 is 5.11 Å². The van der Waals surface area contributed by atoms with Gasteiger partial charge in [-0.05, 0) is 37.8 Å². The molecule has 1 N–H and O–H groups in total. The summed E-state index contributed by atoms with van der Waals surface area (Å²) < 4.78 is 2.16. The average molecular weight is 259 g/mol. The number of aryl methyl sites for hydroxylation is 1. The van der Waals surface area contributed by atoms with Gasteiger partial charge in [0.1, 0.15) is 0 Å². The first-order valence-electron chi connectivity index (χ1n) is 7.01. The van der Waals surface area contributed by atoms with Crippen molar-refractivity contribution in [1.82, 2.24) is 9.55 Å². The highest BCUT2D eigenvalue weighted by atomic mass is 16.3. The number of anilines is 1. The van der Waals surface area contributed by atoms with Crippen molar-refractivity contribution in [3.63, 3.8) is 0 Å². The molecule has 102 valence electrons. The molecule has 1 aromatic heterocycles. The van der Waals surface area contributed by atoms with E-state index in [9.17, 15) is 5.11 Å². The zero-order valence-corrected chi connectivity index (χ0v) is 11.6. The number of imidazole rings is 1. The maximum Gasteiger partial charge on any atom is 0.206 e. The second kappa shape index (κ2) is 4.85. The van der Waals surface area contributed by atoms with E-state index in [0.717, 1.165) is 37.4 Å². The molecule has 0 spiro atoms. The smallest absolute Gasteiger partial charge is 0.206 e. The fraction of sp³-hybridized carbons (Fsp3) is 0.533. The molecule has 4 nitrogen and oxygen atoms in total. The molecule has 0 amide bonds. The number of hydrogen-bond donors (Lipinski definition) is 1. The van der Waals surface area contributed by atoms with Crippen LogP contribution in [0.2, 0.25) is 0 Å². The number of hydrogen-bond acceptors (Lipinski definition) is 3. The minimum absolute atomic E-state index is 0.192. The molecule has 0 bridgehead atoms. The summed E-state index contributed by atoms with van der Waals surface area (Å²) in [6, 6.07) is 8.24. The Morgan fingerprint density at radius 2 is 1.95 bits per heavy atom. The Morgan fingerprint density at radius 3 is 2.58 bits per heavy atom. The Balaban J connectivity index is 1.84. The van der Waals surface area contributed by atoms with E-state index in [2.05, 4.69) is 28.6 Å². The maximum absolute atomic E-state index is 9.66. The lowest BCUT2D eigenvalue weighted by Crippen LogP contribution is -2.38. The molecule has 1 aromatic carbocycles. The van der Waals surface area contributed by atoms with Gasteiger partial charge in [0, 0.05) is 20.1 Å². The summed E-state index contributed by atoms with van der Waals surface area (Å²) in [6.07, 6.45) is 1.89. The van der Waals surface area contributed by atoms with Gasteiger partial charge < -0.3 is 14.6 Å². The van der Waals surface area contributed by atoms with E-state index >= 15 is 0 Å². The molecule has 0 saturated carbocycles. The highest BCUT2D eigenvalue weighted by molar-refractivity contribution is 5.78. The molecule has 1 atom stereocenters. The van der Waals surface area contributed by atoms with Gasteiger partial charge in [-0.25, -0.2) is 4.98 Å². The first-order chi connectivity index (χ1) is 9.16. The Hall–Kier alpha value is -1.55. The number of aromatic nitrogens is 2. The Labute approximate surface area is 113 Å². The number of para-hydroxylation sites is 2. The van der Waals surface area contributed by atoms with Gasteiger partial charge in [-0.2, -0.15) is 0 Å². The van der Waals surface area contributed by atoms with Crippen molar-refractivity contribution in [3.8, 4) is 0 Å². The van der Waals surface area contributed by atoms with Crippen LogP contribution >= 0.6 is 0 Å². The van der Waals surface area contributed by atoms with Crippen LogP contribution in [0.25, 0.3) is 11.0 Å². The first-order valence-corrected chi connectivity index (χ1v) is 7.01. The zero-order chi connectivity index (χ0) is 13.4. The third-order valence-electron chi connectivity index (χ3n) is 4.27. The summed E-state index contributed by atoms with van der Waals surface area (Å²) in [7, 11) is 2.07. The molecule has 1 saturated heterocycles. The summed E-state index contributed by atoms with van der Waals surface area (Å²) in [4.78, 5) is 7.06. The molecule has 1 unspecified atom stereocenters. The quantitative estimate of drug-likeness (QED) is 0.898. The summed E-state index contributed by atoms with van der Waals surface area (Å²) in [5.41, 5.74) is 2.23. The van der Waals surface area contributed by atoms with E-state index in [1.165, 1.54) is 5.52 Å². The highest BCUT2D eigenvalue weighted by Gasteiger charge is 2.25. The maximum atomic E-state index is 9.66. The topological polar surface area (TPSA) is 41.3 Å². The van der Waals surface area contributed by atoms with Crippen LogP contribution in [0.5, 0.6) is 0 Å². The van der Waals surface area contributed by atoms with Gasteiger partial charge in [-0.3, -0.25) is 0 Å². The SMILES string of the molecule is CC(O)C1CCN(c2nc3ccccc3n2C)CC1. The number of nitrogens with zero attached hydrogens (tertiary/aromatic N) is 3. The van der Waals surface area contributed by atoms with Crippen LogP contribution in [0.3, 0.4) is 0 Å². The van der Waals surface area contributed by atoms with Gasteiger partial charge in [-0.1, -0.05) is 12.1 Å². The van der Waals surface area contributed by atoms with Gasteiger partial charge in [0.25, 0.3) is 0 Å². The molecule has 2 aromatic rings. The number of fused-ring (bicyclic) bond motifs is 1. The Kier molecular flexibility index (Phi) is 3.19. The predicted octanol–water partition coefficient (Wildman–Crippen LogP) is 2.17. The molecule has 2 heterocycles. The van der Waals surface area contributed by atoms with Crippen molar-refractivity contribution in [2.24, 2.45) is 13.0 Å². The van der Waals surface area contributed by atoms with Gasteiger partial charge >= 0.3 is 0 Å². The number of rotatable bonds is 2. The normalized spacial score (nSPS) is 19.0. The number of aliphatic hydroxyl groups excluding tert-OH is 1. The highest BCUT2D eigenvalue weighted by Crippen LogP contribution is 2.27. The zero-order valence-electron chi connectivity index (χ0n) is 11.6. The van der Waals surface area contributed by atoms with Crippen LogP contribution in [0.15, 0.2) is 24.3 Å². The number of piperidine rings is 1. The number of aliphatic hydroxyl groups is 1. The van der Waals surface area contributed by atoms with Crippen LogP contribution in [0.1, 0.15) is 19.8 Å². The van der Waals surface area contributed by atoms with E-state index in [1.54, 1.807) is 0 Å². The minimum Gasteiger partial charge on any atom is -0.393 e. The standard InChI is InChI=1S/C15H21N3O/c1-11(19)12-7-9-18(10-8-12)15-16-13-5-3-4-6-14(13)17(15)2/h3-6,11-12,19H,7-10H2,1-2H3. The van der Waals surface area contributed by atoms with Gasteiger partial charge in [0.05, 0.1) is 17.1 Å². The van der Waals surface area contributed by atoms with Crippen molar-refractivity contribution in [2.75, 3.05) is 18.0 Å². The second-order valence-electron chi connectivity index (χ2n) is 5.52. The van der Waals surface area contributed by atoms with Crippen molar-refractivity contribution in [1.29, 1.82) is 0 Å². The van der Waals surface area contributed by atoms with Crippen LogP contribution in [-0.4, -0.2) is 33.9 Å². The number of benzene rings is 1. The fourth-order valence-electron chi connectivity index (χ4n) is 3.00. The monoisotopic (exact) mass is 259 g/mol. The first kappa shape index (κ1) is 12.5. The second-order valence-corrected chi connectivity index (χ2v) is 5.52. The largest absolute Gasteiger partial charge is 0.393 e. The molecule has 1 aliphatic rings. The molecule has 0 aliphatic carbocycles. The third kappa shape index (κ3) is 2.21. The van der Waals surface area contributed by atoms with Gasteiger partial charge in [-0.15, -0.1) is 0 Å². The molecule has 0 radical (unpaired) electrons. The lowest BCUT2D eigenvalue weighted by atomic mass is 9.92. The van der Waals surface area contributed by atoms with Gasteiger partial charge in [0.2, 0.25) is 5.95 Å². The van der Waals surface area contributed by atoms with Crippen LogP contribution in [0.4, 0.5) is 5.95 Å². The van der Waals surface area contributed by atoms with Crippen molar-refractivity contribution >= 4 is 17.0 Å². The van der Waals surface area contributed by atoms with Crippen molar-refractivity contribution in [2.45, 2.75) is 25.9 Å². The molecule has 3 rings (SSSR count). The van der Waals surface area contributed by atoms with Crippen LogP contribution in [-0.2, 0) is 7.05 Å². The molecule has 19 heavy (non-hydrogen) atoms. The Morgan fingerprint density at radius 1 is 1.26 bits per heavy atom. The van der Waals surface area contributed by atoms with Crippen LogP contribution < -0.4 is 4.90 Å². The summed E-state index contributed by atoms with van der Waals surface area (Å²) >= 11 is 0. The van der Waals surface area contributed by atoms with E-state index in [-0.39, 0.29) is 6.10 Å². The summed E-state index contributed by atoms with van der Waals surface area (Å²) in [6.45, 7) is 3.86. The van der Waals surface area contributed by atoms with Crippen LogP contribution in [0, 0.1) is 5.92 Å². The van der Waals surface area contributed by atoms with Gasteiger partial charge in [0.15, 0.2) is 0 Å². The van der Waals surface area contributed by atoms with E-state index < -0.39 is 0 Å². The minimum atomic E-state index is -0.192. The molecule has 4 heteroatoms. The molecule has 1 fully saturated rings. The molecular weight excluding hydrogens is 238 g/mol. The molecule has 1 aliphatic heterocycles.